The third-order valence-electron chi connectivity index (χ3n) is 4.64. The molecule has 0 aliphatic carbocycles. The summed E-state index contributed by atoms with van der Waals surface area (Å²) in [5, 5.41) is 0.979. The number of fused-ring (bicyclic) bond motifs is 1. The monoisotopic (exact) mass is 346 g/mol. The highest BCUT2D eigenvalue weighted by atomic mass is 32.1. The molecule has 1 aromatic carbocycles. The van der Waals surface area contributed by atoms with Crippen LogP contribution in [-0.4, -0.2) is 79.4 Å². The van der Waals surface area contributed by atoms with Crippen molar-refractivity contribution in [3.05, 3.63) is 30.0 Å². The third-order valence-corrected chi connectivity index (χ3v) is 5.47. The normalized spacial score (nSPS) is 21.3. The average Bonchev–Trinajstić information content (AvgIpc) is 3.10. The molecule has 6 heteroatoms. The minimum absolute atomic E-state index is 0.0810. The fraction of sp³-hybridized carbons (Fsp3) is 0.556. The van der Waals surface area contributed by atoms with Crippen molar-refractivity contribution in [1.82, 2.24) is 19.1 Å². The van der Waals surface area contributed by atoms with Crippen LogP contribution in [0.5, 0.6) is 0 Å². The minimum atomic E-state index is 0.0810. The van der Waals surface area contributed by atoms with Gasteiger partial charge in [0, 0.05) is 31.6 Å². The Labute approximate surface area is 148 Å². The fourth-order valence-electron chi connectivity index (χ4n) is 3.65. The SMILES string of the molecule is CN(C)C[C@@H]1CN(C(=O)c2nsc3ccccc23)C[C@H]1CN(C)C. The fourth-order valence-corrected chi connectivity index (χ4v) is 4.41. The van der Waals surface area contributed by atoms with Crippen LogP contribution in [-0.2, 0) is 0 Å². The van der Waals surface area contributed by atoms with E-state index in [1.54, 1.807) is 0 Å². The number of carbonyl (C=O) groups excluding carboxylic acids is 1. The van der Waals surface area contributed by atoms with Gasteiger partial charge in [-0.25, -0.2) is 0 Å². The molecule has 0 unspecified atom stereocenters. The summed E-state index contributed by atoms with van der Waals surface area (Å²) in [6.07, 6.45) is 0. The molecule has 1 amide bonds. The summed E-state index contributed by atoms with van der Waals surface area (Å²) in [5.74, 6) is 1.10. The van der Waals surface area contributed by atoms with Crippen LogP contribution in [0.15, 0.2) is 24.3 Å². The maximum atomic E-state index is 13.0. The average molecular weight is 347 g/mol. The van der Waals surface area contributed by atoms with Gasteiger partial charge in [0.1, 0.15) is 5.69 Å². The topological polar surface area (TPSA) is 39.7 Å². The third kappa shape index (κ3) is 3.61. The Morgan fingerprint density at radius 1 is 1.12 bits per heavy atom. The quantitative estimate of drug-likeness (QED) is 0.831. The van der Waals surface area contributed by atoms with Crippen molar-refractivity contribution in [2.75, 3.05) is 54.4 Å². The zero-order valence-electron chi connectivity index (χ0n) is 14.9. The van der Waals surface area contributed by atoms with Crippen molar-refractivity contribution in [3.63, 3.8) is 0 Å². The van der Waals surface area contributed by atoms with Crippen molar-refractivity contribution in [2.45, 2.75) is 0 Å². The maximum Gasteiger partial charge on any atom is 0.274 e. The molecule has 5 nitrogen and oxygen atoms in total. The van der Waals surface area contributed by atoms with Crippen LogP contribution in [0.25, 0.3) is 10.1 Å². The van der Waals surface area contributed by atoms with E-state index in [1.807, 2.05) is 29.2 Å². The largest absolute Gasteiger partial charge is 0.337 e. The molecule has 2 heterocycles. The molecule has 1 aliphatic heterocycles. The highest BCUT2D eigenvalue weighted by Crippen LogP contribution is 2.29. The van der Waals surface area contributed by atoms with Crippen LogP contribution in [0.1, 0.15) is 10.5 Å². The van der Waals surface area contributed by atoms with E-state index in [0.29, 0.717) is 17.5 Å². The minimum Gasteiger partial charge on any atom is -0.337 e. The molecule has 24 heavy (non-hydrogen) atoms. The lowest BCUT2D eigenvalue weighted by atomic mass is 9.95. The van der Waals surface area contributed by atoms with Gasteiger partial charge in [-0.1, -0.05) is 18.2 Å². The first-order valence-corrected chi connectivity index (χ1v) is 9.16. The van der Waals surface area contributed by atoms with Crippen molar-refractivity contribution in [2.24, 2.45) is 11.8 Å². The molecule has 1 fully saturated rings. The molecule has 1 aliphatic rings. The number of aromatic nitrogens is 1. The summed E-state index contributed by atoms with van der Waals surface area (Å²) in [4.78, 5) is 19.5. The summed E-state index contributed by atoms with van der Waals surface area (Å²) in [7, 11) is 8.41. The summed E-state index contributed by atoms with van der Waals surface area (Å²) in [6, 6.07) is 7.99. The van der Waals surface area contributed by atoms with Gasteiger partial charge in [-0.05, 0) is 57.6 Å². The Morgan fingerprint density at radius 3 is 2.29 bits per heavy atom. The highest BCUT2D eigenvalue weighted by molar-refractivity contribution is 7.13. The Morgan fingerprint density at radius 2 is 1.71 bits per heavy atom. The molecule has 0 saturated carbocycles. The highest BCUT2D eigenvalue weighted by Gasteiger charge is 2.36. The van der Waals surface area contributed by atoms with Crippen LogP contribution in [0.2, 0.25) is 0 Å². The van der Waals surface area contributed by atoms with Crippen LogP contribution >= 0.6 is 11.5 Å². The van der Waals surface area contributed by atoms with Gasteiger partial charge in [-0.15, -0.1) is 0 Å². The van der Waals surface area contributed by atoms with Crippen LogP contribution in [0, 0.1) is 11.8 Å². The van der Waals surface area contributed by atoms with Crippen molar-refractivity contribution in [3.8, 4) is 0 Å². The molecule has 2 aromatic rings. The second-order valence-electron chi connectivity index (χ2n) is 7.28. The van der Waals surface area contributed by atoms with Gasteiger partial charge in [0.15, 0.2) is 0 Å². The molecule has 0 N–H and O–H groups in total. The van der Waals surface area contributed by atoms with Gasteiger partial charge in [0.2, 0.25) is 0 Å². The lowest BCUT2D eigenvalue weighted by Crippen LogP contribution is -2.32. The van der Waals surface area contributed by atoms with Gasteiger partial charge < -0.3 is 14.7 Å². The lowest BCUT2D eigenvalue weighted by molar-refractivity contribution is 0.0779. The predicted octanol–water partition coefficient (Wildman–Crippen LogP) is 2.11. The van der Waals surface area contributed by atoms with Gasteiger partial charge in [-0.2, -0.15) is 4.37 Å². The van der Waals surface area contributed by atoms with E-state index in [4.69, 9.17) is 0 Å². The molecule has 0 radical (unpaired) electrons. The molecule has 0 bridgehead atoms. The number of nitrogens with zero attached hydrogens (tertiary/aromatic N) is 4. The maximum absolute atomic E-state index is 13.0. The van der Waals surface area contributed by atoms with Crippen LogP contribution in [0.3, 0.4) is 0 Å². The summed E-state index contributed by atoms with van der Waals surface area (Å²) in [5.41, 5.74) is 0.615. The van der Waals surface area contributed by atoms with Crippen molar-refractivity contribution < 1.29 is 4.79 Å². The van der Waals surface area contributed by atoms with Crippen LogP contribution < -0.4 is 0 Å². The first kappa shape index (κ1) is 17.3. The van der Waals surface area contributed by atoms with Crippen LogP contribution in [0.4, 0.5) is 0 Å². The number of hydrogen-bond acceptors (Lipinski definition) is 5. The molecular formula is C18H26N4OS. The lowest BCUT2D eigenvalue weighted by Gasteiger charge is -2.24. The number of likely N-dealkylation sites (tertiary alicyclic amines) is 1. The summed E-state index contributed by atoms with van der Waals surface area (Å²) in [6.45, 7) is 3.67. The summed E-state index contributed by atoms with van der Waals surface area (Å²) < 4.78 is 5.52. The number of hydrogen-bond donors (Lipinski definition) is 0. The Hall–Kier alpha value is -1.50. The Kier molecular flexibility index (Phi) is 5.18. The van der Waals surface area contributed by atoms with E-state index in [2.05, 4.69) is 42.4 Å². The number of amides is 1. The first-order valence-electron chi connectivity index (χ1n) is 8.39. The van der Waals surface area contributed by atoms with E-state index in [9.17, 15) is 4.79 Å². The van der Waals surface area contributed by atoms with Gasteiger partial charge in [0.05, 0.1) is 4.70 Å². The Balaban J connectivity index is 1.80. The predicted molar refractivity (Wildman–Crippen MR) is 99.6 cm³/mol. The molecule has 130 valence electrons. The zero-order chi connectivity index (χ0) is 17.3. The summed E-state index contributed by atoms with van der Waals surface area (Å²) >= 11 is 1.41. The second kappa shape index (κ2) is 7.17. The first-order chi connectivity index (χ1) is 11.5. The van der Waals surface area contributed by atoms with Gasteiger partial charge >= 0.3 is 0 Å². The standard InChI is InChI=1S/C18H26N4OS/c1-20(2)9-13-11-22(12-14(13)10-21(3)4)18(23)17-15-7-5-6-8-16(15)24-19-17/h5-8,13-14H,9-12H2,1-4H3/t13-,14-/m1/s1. The van der Waals surface area contributed by atoms with E-state index in [-0.39, 0.29) is 5.91 Å². The van der Waals surface area contributed by atoms with E-state index in [1.165, 1.54) is 11.5 Å². The van der Waals surface area contributed by atoms with Crippen molar-refractivity contribution >= 4 is 27.5 Å². The molecule has 0 spiro atoms. The zero-order valence-corrected chi connectivity index (χ0v) is 15.7. The van der Waals surface area contributed by atoms with Gasteiger partial charge in [0.25, 0.3) is 5.91 Å². The van der Waals surface area contributed by atoms with E-state index < -0.39 is 0 Å². The molecule has 3 rings (SSSR count). The van der Waals surface area contributed by atoms with E-state index in [0.717, 1.165) is 36.3 Å². The molecular weight excluding hydrogens is 320 g/mol. The number of carbonyl (C=O) groups is 1. The smallest absolute Gasteiger partial charge is 0.274 e. The van der Waals surface area contributed by atoms with Gasteiger partial charge in [-0.3, -0.25) is 4.79 Å². The molecule has 2 atom stereocenters. The Bertz CT molecular complexity index is 694. The number of benzene rings is 1. The number of rotatable bonds is 5. The molecule has 1 saturated heterocycles. The second-order valence-corrected chi connectivity index (χ2v) is 8.09. The van der Waals surface area contributed by atoms with E-state index >= 15 is 0 Å². The molecule has 1 aromatic heterocycles. The van der Waals surface area contributed by atoms with Crippen molar-refractivity contribution in [1.29, 1.82) is 0 Å².